The fraction of sp³-hybridized carbons (Fsp3) is 0.421. The minimum Gasteiger partial charge on any atom is -0.345 e. The monoisotopic (exact) mass is 365 g/mol. The number of amides is 1. The van der Waals surface area contributed by atoms with Gasteiger partial charge in [0.25, 0.3) is 5.91 Å². The second-order valence-corrected chi connectivity index (χ2v) is 6.95. The van der Waals surface area contributed by atoms with E-state index in [-0.39, 0.29) is 29.7 Å². The lowest BCUT2D eigenvalue weighted by molar-refractivity contribution is 0.0897. The molecular formula is C19H25ClFN3O. The highest BCUT2D eigenvalue weighted by molar-refractivity contribution is 5.96. The molecule has 25 heavy (non-hydrogen) atoms. The summed E-state index contributed by atoms with van der Waals surface area (Å²) in [5.74, 6) is 0.0886. The van der Waals surface area contributed by atoms with E-state index in [4.69, 9.17) is 5.73 Å². The molecule has 1 amide bonds. The Bertz CT molecular complexity index is 768. The van der Waals surface area contributed by atoms with Gasteiger partial charge < -0.3 is 15.6 Å². The van der Waals surface area contributed by atoms with E-state index in [1.807, 2.05) is 31.4 Å². The second kappa shape index (κ2) is 7.18. The van der Waals surface area contributed by atoms with Crippen molar-refractivity contribution in [2.24, 2.45) is 11.7 Å². The number of benzene rings is 1. The molecule has 0 spiro atoms. The molecule has 136 valence electrons. The Morgan fingerprint density at radius 2 is 1.92 bits per heavy atom. The van der Waals surface area contributed by atoms with Crippen LogP contribution in [0.5, 0.6) is 0 Å². The lowest BCUT2D eigenvalue weighted by Gasteiger charge is -2.29. The SMILES string of the molecule is Cc1cc(C(=O)NC(C)(CN)C2CC2)c(C)n1-c1ccc(F)cc1.Cl. The molecule has 1 saturated carbocycles. The third-order valence-electron chi connectivity index (χ3n) is 5.06. The summed E-state index contributed by atoms with van der Waals surface area (Å²) in [5, 5.41) is 3.13. The van der Waals surface area contributed by atoms with Crippen LogP contribution in [-0.4, -0.2) is 22.6 Å². The standard InChI is InChI=1S/C19H24FN3O.ClH/c1-12-10-17(18(24)22-19(3,11-21)14-4-5-14)13(2)23(12)16-8-6-15(20)7-9-16;/h6-10,14H,4-5,11,21H2,1-3H3,(H,22,24);1H. The molecule has 1 aliphatic rings. The van der Waals surface area contributed by atoms with Gasteiger partial charge in [0, 0.05) is 23.6 Å². The number of nitrogens with zero attached hydrogens (tertiary/aromatic N) is 1. The fourth-order valence-electron chi connectivity index (χ4n) is 3.35. The number of carbonyl (C=O) groups is 1. The van der Waals surface area contributed by atoms with Gasteiger partial charge in [-0.15, -0.1) is 12.4 Å². The Labute approximate surface area is 154 Å². The number of carbonyl (C=O) groups excluding carboxylic acids is 1. The molecule has 6 heteroatoms. The first-order valence-corrected chi connectivity index (χ1v) is 8.33. The van der Waals surface area contributed by atoms with E-state index in [0.29, 0.717) is 18.0 Å². The van der Waals surface area contributed by atoms with Gasteiger partial charge in [-0.05, 0) is 69.9 Å². The maximum atomic E-state index is 13.2. The molecule has 1 atom stereocenters. The predicted molar refractivity (Wildman–Crippen MR) is 100 cm³/mol. The maximum absolute atomic E-state index is 13.2. The van der Waals surface area contributed by atoms with Crippen molar-refractivity contribution in [1.82, 2.24) is 9.88 Å². The van der Waals surface area contributed by atoms with Crippen LogP contribution in [0, 0.1) is 25.6 Å². The largest absolute Gasteiger partial charge is 0.345 e. The molecule has 1 fully saturated rings. The number of aromatic nitrogens is 1. The van der Waals surface area contributed by atoms with Crippen LogP contribution >= 0.6 is 12.4 Å². The molecular weight excluding hydrogens is 341 g/mol. The molecule has 1 aromatic heterocycles. The zero-order valence-electron chi connectivity index (χ0n) is 14.8. The zero-order chi connectivity index (χ0) is 17.5. The number of nitrogens with one attached hydrogen (secondary N) is 1. The molecule has 2 aromatic rings. The van der Waals surface area contributed by atoms with Crippen molar-refractivity contribution in [3.8, 4) is 5.69 Å². The Balaban J connectivity index is 0.00000225. The summed E-state index contributed by atoms with van der Waals surface area (Å²) in [6.07, 6.45) is 2.23. The summed E-state index contributed by atoms with van der Waals surface area (Å²) >= 11 is 0. The van der Waals surface area contributed by atoms with Gasteiger partial charge in [-0.2, -0.15) is 0 Å². The lowest BCUT2D eigenvalue weighted by atomic mass is 9.95. The Morgan fingerprint density at radius 3 is 2.44 bits per heavy atom. The minimum absolute atomic E-state index is 0. The third kappa shape index (κ3) is 3.72. The van der Waals surface area contributed by atoms with Crippen LogP contribution in [-0.2, 0) is 0 Å². The van der Waals surface area contributed by atoms with Crippen LogP contribution in [0.3, 0.4) is 0 Å². The van der Waals surface area contributed by atoms with Crippen LogP contribution in [0.1, 0.15) is 41.5 Å². The van der Waals surface area contributed by atoms with E-state index in [9.17, 15) is 9.18 Å². The summed E-state index contributed by atoms with van der Waals surface area (Å²) in [6.45, 7) is 6.29. The fourth-order valence-corrected chi connectivity index (χ4v) is 3.35. The first kappa shape index (κ1) is 19.5. The van der Waals surface area contributed by atoms with Gasteiger partial charge in [-0.25, -0.2) is 4.39 Å². The Hall–Kier alpha value is -1.85. The van der Waals surface area contributed by atoms with Gasteiger partial charge in [0.05, 0.1) is 11.1 Å². The van der Waals surface area contributed by atoms with Gasteiger partial charge in [0.2, 0.25) is 0 Å². The van der Waals surface area contributed by atoms with Gasteiger partial charge in [-0.3, -0.25) is 4.79 Å². The molecule has 3 rings (SSSR count). The quantitative estimate of drug-likeness (QED) is 0.851. The molecule has 4 nitrogen and oxygen atoms in total. The van der Waals surface area contributed by atoms with Crippen molar-refractivity contribution in [3.05, 3.63) is 53.1 Å². The minimum atomic E-state index is -0.352. The van der Waals surface area contributed by atoms with Crippen LogP contribution in [0.2, 0.25) is 0 Å². The van der Waals surface area contributed by atoms with Crippen molar-refractivity contribution in [2.75, 3.05) is 6.54 Å². The number of hydrogen-bond acceptors (Lipinski definition) is 2. The van der Waals surface area contributed by atoms with E-state index >= 15 is 0 Å². The van der Waals surface area contributed by atoms with E-state index in [1.54, 1.807) is 12.1 Å². The van der Waals surface area contributed by atoms with E-state index < -0.39 is 0 Å². The van der Waals surface area contributed by atoms with E-state index in [2.05, 4.69) is 5.32 Å². The molecule has 3 N–H and O–H groups in total. The van der Waals surface area contributed by atoms with Gasteiger partial charge in [0.1, 0.15) is 5.82 Å². The van der Waals surface area contributed by atoms with E-state index in [0.717, 1.165) is 29.9 Å². The topological polar surface area (TPSA) is 60.1 Å². The highest BCUT2D eigenvalue weighted by Gasteiger charge is 2.41. The maximum Gasteiger partial charge on any atom is 0.253 e. The van der Waals surface area contributed by atoms with E-state index in [1.165, 1.54) is 12.1 Å². The van der Waals surface area contributed by atoms with Crippen LogP contribution in [0.15, 0.2) is 30.3 Å². The van der Waals surface area contributed by atoms with Gasteiger partial charge in [0.15, 0.2) is 0 Å². The van der Waals surface area contributed by atoms with Crippen molar-refractivity contribution in [2.45, 2.75) is 39.2 Å². The first-order valence-electron chi connectivity index (χ1n) is 8.33. The molecule has 1 aliphatic carbocycles. The summed E-state index contributed by atoms with van der Waals surface area (Å²) in [7, 11) is 0. The normalized spacial score (nSPS) is 16.0. The molecule has 0 radical (unpaired) electrons. The first-order chi connectivity index (χ1) is 11.4. The molecule has 0 aliphatic heterocycles. The Kier molecular flexibility index (Phi) is 5.59. The van der Waals surface area contributed by atoms with Crippen LogP contribution < -0.4 is 11.1 Å². The average Bonchev–Trinajstić information content (AvgIpc) is 3.35. The van der Waals surface area contributed by atoms with Crippen LogP contribution in [0.25, 0.3) is 5.69 Å². The molecule has 1 heterocycles. The molecule has 1 unspecified atom stereocenters. The van der Waals surface area contributed by atoms with Gasteiger partial charge >= 0.3 is 0 Å². The predicted octanol–water partition coefficient (Wildman–Crippen LogP) is 3.51. The number of aryl methyl sites for hydroxylation is 1. The number of nitrogens with two attached hydrogens (primary N) is 1. The number of rotatable bonds is 5. The summed E-state index contributed by atoms with van der Waals surface area (Å²) in [4.78, 5) is 12.8. The van der Waals surface area contributed by atoms with Crippen molar-refractivity contribution in [3.63, 3.8) is 0 Å². The molecule has 0 saturated heterocycles. The van der Waals surface area contributed by atoms with Crippen molar-refractivity contribution in [1.29, 1.82) is 0 Å². The van der Waals surface area contributed by atoms with Crippen molar-refractivity contribution < 1.29 is 9.18 Å². The highest BCUT2D eigenvalue weighted by Crippen LogP contribution is 2.39. The van der Waals surface area contributed by atoms with Crippen molar-refractivity contribution >= 4 is 18.3 Å². The number of halogens is 2. The summed E-state index contributed by atoms with van der Waals surface area (Å²) in [6, 6.07) is 8.15. The molecule has 1 aromatic carbocycles. The molecule has 0 bridgehead atoms. The third-order valence-corrected chi connectivity index (χ3v) is 5.06. The summed E-state index contributed by atoms with van der Waals surface area (Å²) in [5.41, 5.74) is 8.80. The Morgan fingerprint density at radius 1 is 1.32 bits per heavy atom. The zero-order valence-corrected chi connectivity index (χ0v) is 15.6. The summed E-state index contributed by atoms with van der Waals surface area (Å²) < 4.78 is 15.1. The average molecular weight is 366 g/mol. The smallest absolute Gasteiger partial charge is 0.253 e. The van der Waals surface area contributed by atoms with Crippen LogP contribution in [0.4, 0.5) is 4.39 Å². The second-order valence-electron chi connectivity index (χ2n) is 6.95. The van der Waals surface area contributed by atoms with Gasteiger partial charge in [-0.1, -0.05) is 0 Å². The highest BCUT2D eigenvalue weighted by atomic mass is 35.5. The number of hydrogen-bond donors (Lipinski definition) is 2. The lowest BCUT2D eigenvalue weighted by Crippen LogP contribution is -2.53.